The third-order valence-corrected chi connectivity index (χ3v) is 4.19. The van der Waals surface area contributed by atoms with Crippen LogP contribution in [0.1, 0.15) is 19.4 Å². The second-order valence-electron chi connectivity index (χ2n) is 5.01. The molecule has 0 unspecified atom stereocenters. The van der Waals surface area contributed by atoms with Crippen LogP contribution in [0.25, 0.3) is 0 Å². The van der Waals surface area contributed by atoms with E-state index in [0.29, 0.717) is 5.92 Å². The van der Waals surface area contributed by atoms with Gasteiger partial charge in [0.15, 0.2) is 0 Å². The van der Waals surface area contributed by atoms with E-state index in [4.69, 9.17) is 11.6 Å². The molecule has 0 aliphatic rings. The lowest BCUT2D eigenvalue weighted by atomic mass is 10.2. The molecule has 0 saturated carbocycles. The molecule has 1 aromatic heterocycles. The zero-order chi connectivity index (χ0) is 14.4. The Morgan fingerprint density at radius 2 is 2.05 bits per heavy atom. The van der Waals surface area contributed by atoms with E-state index in [1.807, 2.05) is 36.5 Å². The van der Waals surface area contributed by atoms with Crippen molar-refractivity contribution in [3.63, 3.8) is 0 Å². The van der Waals surface area contributed by atoms with Crippen LogP contribution < -0.4 is 5.32 Å². The van der Waals surface area contributed by atoms with Crippen molar-refractivity contribution in [1.82, 2.24) is 10.3 Å². The molecule has 1 heterocycles. The van der Waals surface area contributed by atoms with Gasteiger partial charge in [0, 0.05) is 22.7 Å². The van der Waals surface area contributed by atoms with Crippen LogP contribution in [0, 0.1) is 5.92 Å². The van der Waals surface area contributed by atoms with Crippen LogP contribution in [0.15, 0.2) is 52.5 Å². The van der Waals surface area contributed by atoms with Crippen molar-refractivity contribution in [3.8, 4) is 0 Å². The predicted molar refractivity (Wildman–Crippen MR) is 86.4 cm³/mol. The van der Waals surface area contributed by atoms with Crippen LogP contribution in [-0.4, -0.2) is 11.5 Å². The Morgan fingerprint density at radius 1 is 1.20 bits per heavy atom. The van der Waals surface area contributed by atoms with Gasteiger partial charge in [-0.25, -0.2) is 4.98 Å². The highest BCUT2D eigenvalue weighted by Crippen LogP contribution is 2.32. The van der Waals surface area contributed by atoms with Crippen LogP contribution in [0.2, 0.25) is 5.02 Å². The molecule has 106 valence electrons. The first-order chi connectivity index (χ1) is 9.66. The number of nitrogens with zero attached hydrogens (tertiary/aromatic N) is 1. The molecule has 20 heavy (non-hydrogen) atoms. The molecule has 2 rings (SSSR count). The zero-order valence-electron chi connectivity index (χ0n) is 11.8. The summed E-state index contributed by atoms with van der Waals surface area (Å²) in [6.07, 6.45) is 1.81. The quantitative estimate of drug-likeness (QED) is 0.842. The normalized spacial score (nSPS) is 11.0. The average Bonchev–Trinajstić information content (AvgIpc) is 2.43. The number of hydrogen-bond acceptors (Lipinski definition) is 3. The van der Waals surface area contributed by atoms with Gasteiger partial charge < -0.3 is 5.32 Å². The lowest BCUT2D eigenvalue weighted by molar-refractivity contribution is 0.550. The van der Waals surface area contributed by atoms with E-state index in [-0.39, 0.29) is 0 Å². The molecular weight excluding hydrogens is 288 g/mol. The molecule has 4 heteroatoms. The van der Waals surface area contributed by atoms with Gasteiger partial charge in [0.05, 0.1) is 0 Å². The number of nitrogens with one attached hydrogen (secondary N) is 1. The minimum absolute atomic E-state index is 0.629. The summed E-state index contributed by atoms with van der Waals surface area (Å²) >= 11 is 7.99. The number of aromatic nitrogens is 1. The molecule has 0 bridgehead atoms. The molecule has 0 amide bonds. The van der Waals surface area contributed by atoms with Gasteiger partial charge in [-0.15, -0.1) is 0 Å². The molecule has 0 spiro atoms. The molecule has 2 aromatic rings. The van der Waals surface area contributed by atoms with Crippen LogP contribution >= 0.6 is 23.4 Å². The SMILES string of the molecule is CC(C)CNCc1c(Cl)cccc1Sc1ccccn1. The number of halogens is 1. The molecule has 0 aliphatic carbocycles. The van der Waals surface area contributed by atoms with Crippen molar-refractivity contribution in [1.29, 1.82) is 0 Å². The van der Waals surface area contributed by atoms with E-state index in [1.165, 1.54) is 0 Å². The van der Waals surface area contributed by atoms with Crippen molar-refractivity contribution in [3.05, 3.63) is 53.2 Å². The van der Waals surface area contributed by atoms with Crippen molar-refractivity contribution in [2.45, 2.75) is 30.3 Å². The molecule has 1 N–H and O–H groups in total. The van der Waals surface area contributed by atoms with Gasteiger partial charge in [0.1, 0.15) is 5.03 Å². The first-order valence-corrected chi connectivity index (χ1v) is 7.93. The number of hydrogen-bond donors (Lipinski definition) is 1. The molecule has 0 saturated heterocycles. The summed E-state index contributed by atoms with van der Waals surface area (Å²) < 4.78 is 0. The van der Waals surface area contributed by atoms with Crippen molar-refractivity contribution in [2.24, 2.45) is 5.92 Å². The molecule has 0 aliphatic heterocycles. The Balaban J connectivity index is 2.13. The summed E-state index contributed by atoms with van der Waals surface area (Å²) in [5.74, 6) is 0.629. The molecular formula is C16H19ClN2S. The van der Waals surface area contributed by atoms with Gasteiger partial charge in [-0.3, -0.25) is 0 Å². The van der Waals surface area contributed by atoms with Gasteiger partial charge in [0.2, 0.25) is 0 Å². The molecule has 0 fully saturated rings. The Labute approximate surface area is 130 Å². The third-order valence-electron chi connectivity index (χ3n) is 2.78. The number of benzene rings is 1. The smallest absolute Gasteiger partial charge is 0.101 e. The van der Waals surface area contributed by atoms with E-state index < -0.39 is 0 Å². The fourth-order valence-corrected chi connectivity index (χ4v) is 3.05. The van der Waals surface area contributed by atoms with Crippen LogP contribution in [0.5, 0.6) is 0 Å². The molecule has 2 nitrogen and oxygen atoms in total. The fourth-order valence-electron chi connectivity index (χ4n) is 1.81. The third kappa shape index (κ3) is 4.51. The highest BCUT2D eigenvalue weighted by Gasteiger charge is 2.09. The zero-order valence-corrected chi connectivity index (χ0v) is 13.3. The first kappa shape index (κ1) is 15.4. The summed E-state index contributed by atoms with van der Waals surface area (Å²) in [5.41, 5.74) is 1.14. The second kappa shape index (κ2) is 7.67. The maximum absolute atomic E-state index is 6.34. The molecule has 0 atom stereocenters. The van der Waals surface area contributed by atoms with Crippen molar-refractivity contribution in [2.75, 3.05) is 6.54 Å². The molecule has 1 aromatic carbocycles. The Bertz CT molecular complexity index is 543. The van der Waals surface area contributed by atoms with Crippen molar-refractivity contribution >= 4 is 23.4 Å². The number of rotatable bonds is 6. The van der Waals surface area contributed by atoms with Gasteiger partial charge in [-0.2, -0.15) is 0 Å². The molecule has 0 radical (unpaired) electrons. The Hall–Kier alpha value is -1.03. The maximum Gasteiger partial charge on any atom is 0.101 e. The van der Waals surface area contributed by atoms with E-state index in [2.05, 4.69) is 30.2 Å². The Kier molecular flexibility index (Phi) is 5.89. The topological polar surface area (TPSA) is 24.9 Å². The monoisotopic (exact) mass is 306 g/mol. The van der Waals surface area contributed by atoms with E-state index in [0.717, 1.165) is 33.6 Å². The van der Waals surface area contributed by atoms with Crippen LogP contribution in [0.4, 0.5) is 0 Å². The van der Waals surface area contributed by atoms with Crippen molar-refractivity contribution < 1.29 is 0 Å². The minimum atomic E-state index is 0.629. The fraction of sp³-hybridized carbons (Fsp3) is 0.312. The largest absolute Gasteiger partial charge is 0.312 e. The van der Waals surface area contributed by atoms with Gasteiger partial charge in [-0.1, -0.05) is 49.3 Å². The second-order valence-corrected chi connectivity index (χ2v) is 6.48. The Morgan fingerprint density at radius 3 is 2.75 bits per heavy atom. The summed E-state index contributed by atoms with van der Waals surface area (Å²) in [7, 11) is 0. The first-order valence-electron chi connectivity index (χ1n) is 6.74. The number of pyridine rings is 1. The van der Waals surface area contributed by atoms with Gasteiger partial charge in [-0.05, 0) is 42.3 Å². The standard InChI is InChI=1S/C16H19ClN2S/c1-12(2)10-18-11-13-14(17)6-5-7-15(13)20-16-8-3-4-9-19-16/h3-9,12,18H,10-11H2,1-2H3. The van der Waals surface area contributed by atoms with E-state index >= 15 is 0 Å². The van der Waals surface area contributed by atoms with Gasteiger partial charge >= 0.3 is 0 Å². The summed E-state index contributed by atoms with van der Waals surface area (Å²) in [5, 5.41) is 5.24. The minimum Gasteiger partial charge on any atom is -0.312 e. The van der Waals surface area contributed by atoms with E-state index in [1.54, 1.807) is 11.8 Å². The maximum atomic E-state index is 6.34. The van der Waals surface area contributed by atoms with Crippen LogP contribution in [-0.2, 0) is 6.54 Å². The highest BCUT2D eigenvalue weighted by atomic mass is 35.5. The average molecular weight is 307 g/mol. The lowest BCUT2D eigenvalue weighted by Gasteiger charge is -2.13. The van der Waals surface area contributed by atoms with E-state index in [9.17, 15) is 0 Å². The van der Waals surface area contributed by atoms with Gasteiger partial charge in [0.25, 0.3) is 0 Å². The van der Waals surface area contributed by atoms with Crippen LogP contribution in [0.3, 0.4) is 0 Å². The summed E-state index contributed by atoms with van der Waals surface area (Å²) in [6, 6.07) is 12.0. The highest BCUT2D eigenvalue weighted by molar-refractivity contribution is 7.99. The summed E-state index contributed by atoms with van der Waals surface area (Å²) in [4.78, 5) is 5.51. The lowest BCUT2D eigenvalue weighted by Crippen LogP contribution is -2.19. The predicted octanol–water partition coefficient (Wildman–Crippen LogP) is 4.63. The summed E-state index contributed by atoms with van der Waals surface area (Å²) in [6.45, 7) is 6.16.